The summed E-state index contributed by atoms with van der Waals surface area (Å²) < 4.78 is 0. The van der Waals surface area contributed by atoms with Crippen LogP contribution < -0.4 is 16.0 Å². The second kappa shape index (κ2) is 8.52. The summed E-state index contributed by atoms with van der Waals surface area (Å²) in [4.78, 5) is 30.2. The highest BCUT2D eigenvalue weighted by Gasteiger charge is 2.47. The number of hydrogen-bond donors (Lipinski definition) is 3. The Morgan fingerprint density at radius 1 is 1.10 bits per heavy atom. The number of hydrogen-bond acceptors (Lipinski definition) is 5. The van der Waals surface area contributed by atoms with Crippen molar-refractivity contribution in [2.24, 2.45) is 23.7 Å². The van der Waals surface area contributed by atoms with Gasteiger partial charge in [-0.25, -0.2) is 0 Å². The number of nitrogens with zero attached hydrogens (tertiary/aromatic N) is 2. The number of piperidine rings is 2. The lowest BCUT2D eigenvalue weighted by Gasteiger charge is -2.50. The van der Waals surface area contributed by atoms with Crippen LogP contribution in [0.3, 0.4) is 0 Å². The van der Waals surface area contributed by atoms with Crippen molar-refractivity contribution < 1.29 is 9.59 Å². The van der Waals surface area contributed by atoms with E-state index in [9.17, 15) is 9.59 Å². The van der Waals surface area contributed by atoms with Crippen molar-refractivity contribution in [2.75, 3.05) is 33.7 Å². The standard InChI is InChI=1S/C22H39N5O2/c1-13-5-6-16(25-21(28)20-23-7-8-26(20)3)11-17(13)18-10-15-12-24-14(2)9-19(15)27(4)22(18)29/h13-20,23-24H,5-12H2,1-4H3,(H,25,28). The number of nitrogens with one attached hydrogen (secondary N) is 3. The summed E-state index contributed by atoms with van der Waals surface area (Å²) in [6.07, 6.45) is 4.86. The van der Waals surface area contributed by atoms with Gasteiger partial charge in [-0.1, -0.05) is 6.92 Å². The molecule has 8 atom stereocenters. The Morgan fingerprint density at radius 3 is 2.62 bits per heavy atom. The molecule has 4 rings (SSSR count). The molecule has 0 radical (unpaired) electrons. The molecule has 0 aromatic carbocycles. The lowest BCUT2D eigenvalue weighted by molar-refractivity contribution is -0.148. The molecule has 3 heterocycles. The molecule has 4 aliphatic rings. The zero-order valence-electron chi connectivity index (χ0n) is 18.5. The Morgan fingerprint density at radius 2 is 1.90 bits per heavy atom. The van der Waals surface area contributed by atoms with Gasteiger partial charge in [-0.3, -0.25) is 19.8 Å². The number of amides is 2. The lowest BCUT2D eigenvalue weighted by Crippen LogP contribution is -2.60. The van der Waals surface area contributed by atoms with Crippen molar-refractivity contribution in [1.29, 1.82) is 0 Å². The van der Waals surface area contributed by atoms with E-state index in [1.54, 1.807) is 0 Å². The summed E-state index contributed by atoms with van der Waals surface area (Å²) in [5, 5.41) is 10.2. The zero-order chi connectivity index (χ0) is 20.7. The highest BCUT2D eigenvalue weighted by Crippen LogP contribution is 2.43. The van der Waals surface area contributed by atoms with Gasteiger partial charge in [-0.2, -0.15) is 0 Å². The number of likely N-dealkylation sites (N-methyl/N-ethyl adjacent to an activating group) is 1. The van der Waals surface area contributed by atoms with Crippen molar-refractivity contribution in [3.8, 4) is 0 Å². The Kier molecular flexibility index (Phi) is 6.19. The molecule has 7 heteroatoms. The highest BCUT2D eigenvalue weighted by molar-refractivity contribution is 5.82. The van der Waals surface area contributed by atoms with Gasteiger partial charge in [-0.15, -0.1) is 0 Å². The average molecular weight is 406 g/mol. The number of carbonyl (C=O) groups excluding carboxylic acids is 2. The number of rotatable bonds is 3. The maximum atomic E-state index is 13.3. The summed E-state index contributed by atoms with van der Waals surface area (Å²) in [6, 6.07) is 1.05. The fourth-order valence-corrected chi connectivity index (χ4v) is 6.34. The summed E-state index contributed by atoms with van der Waals surface area (Å²) >= 11 is 0. The van der Waals surface area contributed by atoms with Crippen molar-refractivity contribution >= 4 is 11.8 Å². The minimum absolute atomic E-state index is 0.0842. The van der Waals surface area contributed by atoms with E-state index in [0.717, 1.165) is 51.7 Å². The van der Waals surface area contributed by atoms with Crippen molar-refractivity contribution in [1.82, 2.24) is 25.8 Å². The van der Waals surface area contributed by atoms with Gasteiger partial charge in [0.2, 0.25) is 5.91 Å². The lowest BCUT2D eigenvalue weighted by atomic mass is 9.65. The van der Waals surface area contributed by atoms with Crippen LogP contribution in [0.2, 0.25) is 0 Å². The Labute approximate surface area is 175 Å². The molecule has 1 aliphatic carbocycles. The maximum absolute atomic E-state index is 13.3. The minimum Gasteiger partial charge on any atom is -0.351 e. The predicted octanol–water partition coefficient (Wildman–Crippen LogP) is 0.613. The third kappa shape index (κ3) is 4.19. The van der Waals surface area contributed by atoms with Crippen molar-refractivity contribution in [3.63, 3.8) is 0 Å². The smallest absolute Gasteiger partial charge is 0.252 e. The molecule has 3 saturated heterocycles. The predicted molar refractivity (Wildman–Crippen MR) is 113 cm³/mol. The molecule has 7 nitrogen and oxygen atoms in total. The zero-order valence-corrected chi connectivity index (χ0v) is 18.5. The molecule has 3 N–H and O–H groups in total. The van der Waals surface area contributed by atoms with Crippen molar-refractivity contribution in [3.05, 3.63) is 0 Å². The SMILES string of the molecule is CC1CC2C(CN1)CC(C1CC(NC(=O)C3NCCN3C)CCC1C)C(=O)N2C. The van der Waals surface area contributed by atoms with Gasteiger partial charge in [0.1, 0.15) is 6.17 Å². The molecule has 0 spiro atoms. The van der Waals surface area contributed by atoms with E-state index in [-0.39, 0.29) is 24.0 Å². The van der Waals surface area contributed by atoms with Gasteiger partial charge >= 0.3 is 0 Å². The summed E-state index contributed by atoms with van der Waals surface area (Å²) in [5.41, 5.74) is 0. The Balaban J connectivity index is 1.41. The normalized spacial score (nSPS) is 43.9. The molecule has 164 valence electrons. The van der Waals surface area contributed by atoms with E-state index in [4.69, 9.17) is 0 Å². The molecule has 29 heavy (non-hydrogen) atoms. The molecule has 0 aromatic heterocycles. The van der Waals surface area contributed by atoms with Crippen LogP contribution in [0.1, 0.15) is 46.0 Å². The summed E-state index contributed by atoms with van der Waals surface area (Å²) in [6.45, 7) is 7.29. The van der Waals surface area contributed by atoms with E-state index in [1.807, 2.05) is 14.1 Å². The average Bonchev–Trinajstić information content (AvgIpc) is 3.13. The second-order valence-electron chi connectivity index (χ2n) is 10.2. The number of carbonyl (C=O) groups is 2. The molecule has 0 aromatic rings. The van der Waals surface area contributed by atoms with Gasteiger partial charge in [0.25, 0.3) is 5.91 Å². The quantitative estimate of drug-likeness (QED) is 0.642. The van der Waals surface area contributed by atoms with E-state index >= 15 is 0 Å². The fourth-order valence-electron chi connectivity index (χ4n) is 6.34. The van der Waals surface area contributed by atoms with Gasteiger partial charge in [0.05, 0.1) is 0 Å². The molecule has 4 fully saturated rings. The molecular formula is C22H39N5O2. The van der Waals surface area contributed by atoms with Gasteiger partial charge in [0, 0.05) is 50.7 Å². The highest BCUT2D eigenvalue weighted by atomic mass is 16.2. The maximum Gasteiger partial charge on any atom is 0.252 e. The van der Waals surface area contributed by atoms with E-state index in [1.165, 1.54) is 0 Å². The topological polar surface area (TPSA) is 76.7 Å². The molecule has 2 amide bonds. The van der Waals surface area contributed by atoms with Crippen LogP contribution in [0, 0.1) is 23.7 Å². The number of fused-ring (bicyclic) bond motifs is 1. The van der Waals surface area contributed by atoms with Crippen LogP contribution in [0.4, 0.5) is 0 Å². The molecule has 8 unspecified atom stereocenters. The van der Waals surface area contributed by atoms with Crippen LogP contribution in [-0.4, -0.2) is 79.6 Å². The van der Waals surface area contributed by atoms with E-state index in [0.29, 0.717) is 35.7 Å². The first-order valence-electron chi connectivity index (χ1n) is 11.6. The first kappa shape index (κ1) is 21.1. The third-order valence-electron chi connectivity index (χ3n) is 8.20. The molecule has 0 bridgehead atoms. The van der Waals surface area contributed by atoms with Crippen LogP contribution >= 0.6 is 0 Å². The molecule has 1 saturated carbocycles. The van der Waals surface area contributed by atoms with Crippen LogP contribution in [-0.2, 0) is 9.59 Å². The Bertz CT molecular complexity index is 628. The third-order valence-corrected chi connectivity index (χ3v) is 8.20. The summed E-state index contributed by atoms with van der Waals surface area (Å²) in [7, 11) is 4.00. The monoisotopic (exact) mass is 405 g/mol. The molecule has 3 aliphatic heterocycles. The summed E-state index contributed by atoms with van der Waals surface area (Å²) in [5.74, 6) is 1.96. The van der Waals surface area contributed by atoms with Crippen LogP contribution in [0.15, 0.2) is 0 Å². The van der Waals surface area contributed by atoms with Gasteiger partial charge in [-0.05, 0) is 63.8 Å². The van der Waals surface area contributed by atoms with Crippen LogP contribution in [0.5, 0.6) is 0 Å². The number of likely N-dealkylation sites (tertiary alicyclic amines) is 1. The second-order valence-corrected chi connectivity index (χ2v) is 10.2. The van der Waals surface area contributed by atoms with E-state index in [2.05, 4.69) is 39.6 Å². The largest absolute Gasteiger partial charge is 0.351 e. The first-order chi connectivity index (χ1) is 13.8. The Hall–Kier alpha value is -1.18. The minimum atomic E-state index is -0.216. The van der Waals surface area contributed by atoms with E-state index < -0.39 is 0 Å². The first-order valence-corrected chi connectivity index (χ1v) is 11.6. The van der Waals surface area contributed by atoms with Gasteiger partial charge in [0.15, 0.2) is 0 Å². The van der Waals surface area contributed by atoms with Crippen molar-refractivity contribution in [2.45, 2.75) is 70.2 Å². The molecular weight excluding hydrogens is 366 g/mol. The van der Waals surface area contributed by atoms with Gasteiger partial charge < -0.3 is 15.5 Å². The fraction of sp³-hybridized carbons (Fsp3) is 0.909. The van der Waals surface area contributed by atoms with Crippen LogP contribution in [0.25, 0.3) is 0 Å².